The lowest BCUT2D eigenvalue weighted by Crippen LogP contribution is -1.93. The Morgan fingerprint density at radius 2 is 1.58 bits per heavy atom. The molecule has 12 heavy (non-hydrogen) atoms. The Morgan fingerprint density at radius 3 is 2.17 bits per heavy atom. The van der Waals surface area contributed by atoms with Gasteiger partial charge in [-0.15, -0.1) is 0 Å². The number of rotatable bonds is 0. The molecule has 2 rings (SSSR count). The molecule has 0 bridgehead atoms. The van der Waals surface area contributed by atoms with Gasteiger partial charge in [0.05, 0.1) is 5.71 Å². The number of hydrogen-bond acceptors (Lipinski definition) is 1. The molecule has 0 radical (unpaired) electrons. The minimum atomic E-state index is 1.13. The lowest BCUT2D eigenvalue weighted by Gasteiger charge is -1.96. The first-order valence-electron chi connectivity index (χ1n) is 4.27. The Kier molecular flexibility index (Phi) is 1.38. The van der Waals surface area contributed by atoms with Gasteiger partial charge in [0.15, 0.2) is 0 Å². The summed E-state index contributed by atoms with van der Waals surface area (Å²) in [6.45, 7) is 8.54. The van der Waals surface area contributed by atoms with Gasteiger partial charge < -0.3 is 0 Å². The Morgan fingerprint density at radius 1 is 0.917 bits per heavy atom. The summed E-state index contributed by atoms with van der Waals surface area (Å²) in [5, 5.41) is 0. The van der Waals surface area contributed by atoms with Gasteiger partial charge in [-0.25, -0.2) is 0 Å². The molecule has 0 aromatic heterocycles. The van der Waals surface area contributed by atoms with Crippen LogP contribution in [0.3, 0.4) is 0 Å². The fourth-order valence-electron chi connectivity index (χ4n) is 1.78. The van der Waals surface area contributed by atoms with E-state index in [-0.39, 0.29) is 0 Å². The first-order valence-corrected chi connectivity index (χ1v) is 4.27. The van der Waals surface area contributed by atoms with Crippen molar-refractivity contribution in [2.75, 3.05) is 0 Å². The molecule has 2 aliphatic rings. The number of hydrogen-bond donors (Lipinski definition) is 0. The van der Waals surface area contributed by atoms with Crippen molar-refractivity contribution in [1.29, 1.82) is 0 Å². The molecule has 0 saturated heterocycles. The van der Waals surface area contributed by atoms with Crippen LogP contribution in [0.1, 0.15) is 27.7 Å². The van der Waals surface area contributed by atoms with E-state index in [1.165, 1.54) is 28.0 Å². The maximum atomic E-state index is 4.49. The zero-order chi connectivity index (χ0) is 8.88. The Hall–Kier alpha value is -1.11. The minimum Gasteiger partial charge on any atom is -0.253 e. The molecular weight excluding hydrogens is 146 g/mol. The largest absolute Gasteiger partial charge is 0.253 e. The summed E-state index contributed by atoms with van der Waals surface area (Å²) in [5.41, 5.74) is 7.79. The fourth-order valence-corrected chi connectivity index (χ4v) is 1.78. The fraction of sp³-hybridized carbons (Fsp3) is 0.364. The van der Waals surface area contributed by atoms with E-state index in [0.717, 1.165) is 5.70 Å². The standard InChI is InChI=1S/C11H13N/c1-6-5-10-8(3)7(2)9(4)11(10)12-6/h5H,1-4H3. The molecular formula is C11H13N. The lowest BCUT2D eigenvalue weighted by molar-refractivity contribution is 1.29. The van der Waals surface area contributed by atoms with E-state index in [1.54, 1.807) is 0 Å². The molecule has 0 unspecified atom stereocenters. The second-order valence-corrected chi connectivity index (χ2v) is 3.53. The van der Waals surface area contributed by atoms with E-state index in [2.05, 4.69) is 31.8 Å². The predicted octanol–water partition coefficient (Wildman–Crippen LogP) is 3.01. The van der Waals surface area contributed by atoms with Crippen LogP contribution in [-0.4, -0.2) is 5.71 Å². The average molecular weight is 159 g/mol. The Labute approximate surface area is 73.2 Å². The van der Waals surface area contributed by atoms with Crippen molar-refractivity contribution in [3.05, 3.63) is 34.1 Å². The summed E-state index contributed by atoms with van der Waals surface area (Å²) in [6.07, 6.45) is 2.17. The molecule has 1 heterocycles. The number of fused-ring (bicyclic) bond motifs is 1. The Bertz CT molecular complexity index is 376. The molecule has 62 valence electrons. The monoisotopic (exact) mass is 159 g/mol. The summed E-state index contributed by atoms with van der Waals surface area (Å²) in [6, 6.07) is 0. The van der Waals surface area contributed by atoms with Crippen LogP contribution in [-0.2, 0) is 0 Å². The van der Waals surface area contributed by atoms with Crippen molar-refractivity contribution in [2.24, 2.45) is 4.99 Å². The summed E-state index contributed by atoms with van der Waals surface area (Å²) in [4.78, 5) is 4.49. The molecule has 0 fully saturated rings. The van der Waals surface area contributed by atoms with Gasteiger partial charge in [-0.3, -0.25) is 4.99 Å². The van der Waals surface area contributed by atoms with Crippen molar-refractivity contribution in [1.82, 2.24) is 0 Å². The normalized spacial score (nSPS) is 21.7. The van der Waals surface area contributed by atoms with E-state index in [0.29, 0.717) is 0 Å². The first kappa shape index (κ1) is 7.53. The van der Waals surface area contributed by atoms with E-state index in [1.807, 2.05) is 6.92 Å². The Balaban J connectivity index is 2.63. The van der Waals surface area contributed by atoms with E-state index in [9.17, 15) is 0 Å². The van der Waals surface area contributed by atoms with Crippen LogP contribution in [0.4, 0.5) is 0 Å². The second kappa shape index (κ2) is 2.19. The molecule has 0 atom stereocenters. The highest BCUT2D eigenvalue weighted by atomic mass is 14.8. The average Bonchev–Trinajstić information content (AvgIpc) is 2.49. The SMILES string of the molecule is CC1=CC2=C(C)C(C)=C(C)C2=N1. The lowest BCUT2D eigenvalue weighted by atomic mass is 10.1. The van der Waals surface area contributed by atoms with E-state index in [4.69, 9.17) is 0 Å². The molecule has 1 nitrogen and oxygen atoms in total. The molecule has 1 aliphatic heterocycles. The summed E-state index contributed by atoms with van der Waals surface area (Å²) >= 11 is 0. The van der Waals surface area contributed by atoms with Crippen molar-refractivity contribution >= 4 is 5.71 Å². The third-order valence-corrected chi connectivity index (χ3v) is 2.78. The van der Waals surface area contributed by atoms with Crippen LogP contribution in [0.2, 0.25) is 0 Å². The van der Waals surface area contributed by atoms with Crippen LogP contribution >= 0.6 is 0 Å². The van der Waals surface area contributed by atoms with Gasteiger partial charge in [0, 0.05) is 11.3 Å². The van der Waals surface area contributed by atoms with Crippen LogP contribution < -0.4 is 0 Å². The van der Waals surface area contributed by atoms with Crippen molar-refractivity contribution in [2.45, 2.75) is 27.7 Å². The van der Waals surface area contributed by atoms with Gasteiger partial charge in [0.1, 0.15) is 0 Å². The molecule has 0 N–H and O–H groups in total. The maximum Gasteiger partial charge on any atom is 0.0740 e. The molecule has 0 amide bonds. The second-order valence-electron chi connectivity index (χ2n) is 3.53. The maximum absolute atomic E-state index is 4.49. The highest BCUT2D eigenvalue weighted by Crippen LogP contribution is 2.34. The topological polar surface area (TPSA) is 12.4 Å². The number of allylic oxidation sites excluding steroid dienone is 6. The smallest absolute Gasteiger partial charge is 0.0740 e. The van der Waals surface area contributed by atoms with Crippen LogP contribution in [0.15, 0.2) is 39.1 Å². The first-order chi connectivity index (χ1) is 5.61. The van der Waals surface area contributed by atoms with Gasteiger partial charge in [-0.1, -0.05) is 0 Å². The summed E-state index contributed by atoms with van der Waals surface area (Å²) < 4.78 is 0. The van der Waals surface area contributed by atoms with E-state index >= 15 is 0 Å². The molecule has 0 spiro atoms. The van der Waals surface area contributed by atoms with Crippen LogP contribution in [0, 0.1) is 0 Å². The van der Waals surface area contributed by atoms with Crippen molar-refractivity contribution in [3.63, 3.8) is 0 Å². The van der Waals surface area contributed by atoms with Crippen molar-refractivity contribution < 1.29 is 0 Å². The predicted molar refractivity (Wildman–Crippen MR) is 52.3 cm³/mol. The van der Waals surface area contributed by atoms with Crippen molar-refractivity contribution in [3.8, 4) is 0 Å². The van der Waals surface area contributed by atoms with Gasteiger partial charge >= 0.3 is 0 Å². The van der Waals surface area contributed by atoms with E-state index < -0.39 is 0 Å². The third kappa shape index (κ3) is 0.765. The third-order valence-electron chi connectivity index (χ3n) is 2.78. The molecule has 1 aliphatic carbocycles. The van der Waals surface area contributed by atoms with Crippen LogP contribution in [0.25, 0.3) is 0 Å². The van der Waals surface area contributed by atoms with Crippen LogP contribution in [0.5, 0.6) is 0 Å². The van der Waals surface area contributed by atoms with Gasteiger partial charge in [-0.05, 0) is 50.5 Å². The summed E-state index contributed by atoms with van der Waals surface area (Å²) in [7, 11) is 0. The minimum absolute atomic E-state index is 1.13. The molecule has 0 saturated carbocycles. The molecule has 0 aromatic rings. The number of nitrogens with zero attached hydrogens (tertiary/aromatic N) is 1. The van der Waals surface area contributed by atoms with Gasteiger partial charge in [-0.2, -0.15) is 0 Å². The molecule has 0 aromatic carbocycles. The zero-order valence-electron chi connectivity index (χ0n) is 8.02. The highest BCUT2D eigenvalue weighted by molar-refractivity contribution is 6.20. The number of aliphatic imine (C=N–C) groups is 1. The quantitative estimate of drug-likeness (QED) is 0.515. The zero-order valence-corrected chi connectivity index (χ0v) is 8.02. The van der Waals surface area contributed by atoms with Gasteiger partial charge in [0.25, 0.3) is 0 Å². The van der Waals surface area contributed by atoms with Gasteiger partial charge in [0.2, 0.25) is 0 Å². The molecule has 1 heteroatoms. The summed E-state index contributed by atoms with van der Waals surface area (Å²) in [5.74, 6) is 0. The highest BCUT2D eigenvalue weighted by Gasteiger charge is 2.24.